The molecule has 1 fully saturated rings. The van der Waals surface area contributed by atoms with Crippen LogP contribution in [0, 0.1) is 0 Å². The second-order valence-corrected chi connectivity index (χ2v) is 7.85. The van der Waals surface area contributed by atoms with Gasteiger partial charge in [0.25, 0.3) is 5.89 Å². The number of fused-ring (bicyclic) bond motifs is 1. The summed E-state index contributed by atoms with van der Waals surface area (Å²) in [5.74, 6) is 1.02. The first kappa shape index (κ1) is 18.2. The first-order valence-electron chi connectivity index (χ1n) is 9.73. The second kappa shape index (κ2) is 7.88. The van der Waals surface area contributed by atoms with Gasteiger partial charge in [0.05, 0.1) is 29.3 Å². The number of rotatable bonds is 6. The Morgan fingerprint density at radius 3 is 2.93 bits per heavy atom. The molecule has 150 valence electrons. The molecule has 9 nitrogen and oxygen atoms in total. The average Bonchev–Trinajstić information content (AvgIpc) is 3.50. The number of hydrogen-bond acceptors (Lipinski definition) is 9. The molecule has 29 heavy (non-hydrogen) atoms. The molecule has 4 aromatic heterocycles. The van der Waals surface area contributed by atoms with E-state index in [0.29, 0.717) is 24.2 Å². The summed E-state index contributed by atoms with van der Waals surface area (Å²) in [6, 6.07) is 2.28. The molecule has 5 heterocycles. The van der Waals surface area contributed by atoms with Crippen molar-refractivity contribution in [1.29, 1.82) is 0 Å². The zero-order valence-electron chi connectivity index (χ0n) is 16.0. The van der Waals surface area contributed by atoms with Gasteiger partial charge in [0.1, 0.15) is 0 Å². The van der Waals surface area contributed by atoms with E-state index in [4.69, 9.17) is 9.15 Å². The number of ether oxygens (including phenoxy) is 1. The molecule has 0 spiro atoms. The maximum absolute atomic E-state index is 5.98. The van der Waals surface area contributed by atoms with Crippen LogP contribution in [0.2, 0.25) is 0 Å². The minimum atomic E-state index is 0.317. The molecule has 0 aromatic carbocycles. The summed E-state index contributed by atoms with van der Waals surface area (Å²) in [4.78, 5) is 5.71. The lowest BCUT2D eigenvalue weighted by Gasteiger charge is -2.25. The topological polar surface area (TPSA) is 104 Å². The third-order valence-corrected chi connectivity index (χ3v) is 5.79. The largest absolute Gasteiger partial charge is 0.420 e. The van der Waals surface area contributed by atoms with Crippen molar-refractivity contribution in [3.8, 4) is 11.5 Å². The molecule has 0 saturated carbocycles. The smallest absolute Gasteiger partial charge is 0.251 e. The number of aromatic nitrogens is 6. The molecular formula is C19H21N7O2S. The maximum Gasteiger partial charge on any atom is 0.251 e. The number of anilines is 1. The third-order valence-electron chi connectivity index (χ3n) is 5.05. The Morgan fingerprint density at radius 1 is 1.24 bits per heavy atom. The molecule has 0 radical (unpaired) electrons. The number of pyridine rings is 1. The zero-order valence-corrected chi connectivity index (χ0v) is 16.9. The van der Waals surface area contributed by atoms with Crippen molar-refractivity contribution < 1.29 is 9.15 Å². The van der Waals surface area contributed by atoms with Crippen molar-refractivity contribution >= 4 is 28.3 Å². The van der Waals surface area contributed by atoms with E-state index in [9.17, 15) is 0 Å². The molecule has 1 N–H and O–H groups in total. The van der Waals surface area contributed by atoms with Gasteiger partial charge in [-0.1, -0.05) is 0 Å². The Hall–Kier alpha value is -2.85. The Bertz CT molecular complexity index is 1100. The fourth-order valence-corrected chi connectivity index (χ4v) is 4.10. The summed E-state index contributed by atoms with van der Waals surface area (Å²) in [5, 5.41) is 17.6. The van der Waals surface area contributed by atoms with E-state index in [1.807, 2.05) is 16.9 Å². The van der Waals surface area contributed by atoms with Gasteiger partial charge in [0.2, 0.25) is 5.89 Å². The quantitative estimate of drug-likeness (QED) is 0.516. The molecule has 4 aromatic rings. The van der Waals surface area contributed by atoms with Crippen LogP contribution in [0.5, 0.6) is 0 Å². The molecular weight excluding hydrogens is 390 g/mol. The van der Waals surface area contributed by atoms with Crippen molar-refractivity contribution in [2.75, 3.05) is 18.5 Å². The van der Waals surface area contributed by atoms with E-state index >= 15 is 0 Å². The predicted octanol–water partition coefficient (Wildman–Crippen LogP) is 3.14. The Morgan fingerprint density at radius 2 is 2.14 bits per heavy atom. The van der Waals surface area contributed by atoms with Crippen molar-refractivity contribution in [1.82, 2.24) is 29.3 Å². The monoisotopic (exact) mass is 411 g/mol. The van der Waals surface area contributed by atoms with E-state index in [1.165, 1.54) is 11.5 Å². The third kappa shape index (κ3) is 3.60. The summed E-state index contributed by atoms with van der Waals surface area (Å²) in [7, 11) is 0. The summed E-state index contributed by atoms with van der Waals surface area (Å²) < 4.78 is 17.5. The van der Waals surface area contributed by atoms with Crippen molar-refractivity contribution in [2.45, 2.75) is 38.8 Å². The Kier molecular flexibility index (Phi) is 4.94. The van der Waals surface area contributed by atoms with Crippen LogP contribution in [0.4, 0.5) is 5.69 Å². The lowest BCUT2D eigenvalue weighted by Crippen LogP contribution is -2.28. The van der Waals surface area contributed by atoms with Gasteiger partial charge in [0.15, 0.2) is 5.65 Å². The molecule has 0 amide bonds. The molecule has 5 rings (SSSR count). The van der Waals surface area contributed by atoms with Crippen molar-refractivity contribution in [2.24, 2.45) is 0 Å². The fraction of sp³-hybridized carbons (Fsp3) is 0.421. The van der Waals surface area contributed by atoms with E-state index in [0.717, 1.165) is 59.8 Å². The van der Waals surface area contributed by atoms with Crippen LogP contribution in [0.25, 0.3) is 22.5 Å². The highest BCUT2D eigenvalue weighted by molar-refractivity contribution is 7.05. The molecule has 0 atom stereocenters. The van der Waals surface area contributed by atoms with Gasteiger partial charge >= 0.3 is 0 Å². The molecule has 0 bridgehead atoms. The highest BCUT2D eigenvalue weighted by atomic mass is 32.1. The van der Waals surface area contributed by atoms with Gasteiger partial charge in [-0.15, -0.1) is 10.2 Å². The van der Waals surface area contributed by atoms with Crippen LogP contribution >= 0.6 is 11.5 Å². The van der Waals surface area contributed by atoms with Crippen LogP contribution in [-0.2, 0) is 17.7 Å². The summed E-state index contributed by atoms with van der Waals surface area (Å²) >= 11 is 1.43. The average molecular weight is 411 g/mol. The lowest BCUT2D eigenvalue weighted by atomic mass is 10.1. The molecule has 0 unspecified atom stereocenters. The van der Waals surface area contributed by atoms with Gasteiger partial charge in [0, 0.05) is 43.1 Å². The molecule has 0 aliphatic carbocycles. The van der Waals surface area contributed by atoms with Gasteiger partial charge in [-0.25, -0.2) is 14.0 Å². The highest BCUT2D eigenvalue weighted by Gasteiger charge is 2.22. The van der Waals surface area contributed by atoms with Crippen LogP contribution in [0.1, 0.15) is 30.5 Å². The fourth-order valence-electron chi connectivity index (χ4n) is 3.54. The number of nitrogens with one attached hydrogen (secondary N) is 1. The summed E-state index contributed by atoms with van der Waals surface area (Å²) in [6.07, 6.45) is 7.89. The zero-order chi connectivity index (χ0) is 19.6. The standard InChI is InChI=1S/C19H21N7O2S/c1-2-26-18-14(11-21-26)17(23-12-4-7-27-8-5-12)15(10-20-18)19-25-24-16(28-19)9-13-3-6-22-29-13/h3,6,10-12H,2,4-5,7-9H2,1H3,(H,20,23). The van der Waals surface area contributed by atoms with Gasteiger partial charge in [-0.05, 0) is 37.4 Å². The van der Waals surface area contributed by atoms with Crippen LogP contribution in [-0.4, -0.2) is 48.6 Å². The summed E-state index contributed by atoms with van der Waals surface area (Å²) in [6.45, 7) is 4.33. The van der Waals surface area contributed by atoms with Crippen LogP contribution in [0.15, 0.2) is 29.1 Å². The number of aryl methyl sites for hydroxylation is 1. The highest BCUT2D eigenvalue weighted by Crippen LogP contribution is 2.34. The molecule has 1 aliphatic rings. The van der Waals surface area contributed by atoms with E-state index in [2.05, 4.69) is 36.9 Å². The minimum absolute atomic E-state index is 0.317. The van der Waals surface area contributed by atoms with E-state index in [-0.39, 0.29) is 0 Å². The van der Waals surface area contributed by atoms with Gasteiger partial charge in [-0.3, -0.25) is 0 Å². The Balaban J connectivity index is 1.53. The number of nitrogens with zero attached hydrogens (tertiary/aromatic N) is 6. The van der Waals surface area contributed by atoms with Crippen LogP contribution < -0.4 is 5.32 Å². The van der Waals surface area contributed by atoms with Crippen molar-refractivity contribution in [3.63, 3.8) is 0 Å². The van der Waals surface area contributed by atoms with E-state index < -0.39 is 0 Å². The summed E-state index contributed by atoms with van der Waals surface area (Å²) in [5.41, 5.74) is 2.58. The van der Waals surface area contributed by atoms with Crippen LogP contribution in [0.3, 0.4) is 0 Å². The molecule has 10 heteroatoms. The Labute approximate surface area is 171 Å². The van der Waals surface area contributed by atoms with E-state index in [1.54, 1.807) is 12.4 Å². The second-order valence-electron chi connectivity index (χ2n) is 6.93. The SMILES string of the molecule is CCn1ncc2c(NC3CCOCC3)c(-c3nnc(Cc4ccns4)o3)cnc21. The molecule has 1 aliphatic heterocycles. The number of hydrogen-bond donors (Lipinski definition) is 1. The normalized spacial score (nSPS) is 15.2. The first-order chi connectivity index (χ1) is 14.3. The minimum Gasteiger partial charge on any atom is -0.420 e. The molecule has 1 saturated heterocycles. The van der Waals surface area contributed by atoms with Gasteiger partial charge in [-0.2, -0.15) is 5.10 Å². The van der Waals surface area contributed by atoms with Gasteiger partial charge < -0.3 is 14.5 Å². The predicted molar refractivity (Wildman–Crippen MR) is 109 cm³/mol. The first-order valence-corrected chi connectivity index (χ1v) is 10.5. The maximum atomic E-state index is 5.98. The van der Waals surface area contributed by atoms with Crippen molar-refractivity contribution in [3.05, 3.63) is 35.4 Å². The lowest BCUT2D eigenvalue weighted by molar-refractivity contribution is 0.0905.